The molecule has 2 aromatic rings. The number of ether oxygens (including phenoxy) is 1. The van der Waals surface area contributed by atoms with Gasteiger partial charge in [-0.05, 0) is 36.1 Å². The highest BCUT2D eigenvalue weighted by atomic mass is 35.5. The Kier molecular flexibility index (Phi) is 6.93. The number of esters is 1. The minimum Gasteiger partial charge on any atom is -0.468 e. The zero-order chi connectivity index (χ0) is 20.1. The summed E-state index contributed by atoms with van der Waals surface area (Å²) in [5.74, 6) is -0.350. The predicted octanol–water partition coefficient (Wildman–Crippen LogP) is 3.13. The summed E-state index contributed by atoms with van der Waals surface area (Å²) in [4.78, 5) is 33.4. The minimum atomic E-state index is -0.514. The van der Waals surface area contributed by atoms with Crippen molar-refractivity contribution in [2.24, 2.45) is 0 Å². The number of pyridine rings is 1. The molecule has 1 saturated heterocycles. The molecule has 0 aliphatic carbocycles. The maximum absolute atomic E-state index is 12.9. The van der Waals surface area contributed by atoms with Crippen LogP contribution in [0.25, 0.3) is 0 Å². The van der Waals surface area contributed by atoms with Crippen LogP contribution in [0.1, 0.15) is 22.0 Å². The predicted molar refractivity (Wildman–Crippen MR) is 110 cm³/mol. The van der Waals surface area contributed by atoms with E-state index in [0.29, 0.717) is 36.8 Å². The number of aromatic nitrogens is 1. The van der Waals surface area contributed by atoms with Gasteiger partial charge in [0.1, 0.15) is 11.1 Å². The molecular weight excluding hydrogens is 398 g/mol. The quantitative estimate of drug-likeness (QED) is 0.548. The Morgan fingerprint density at radius 2 is 1.82 bits per heavy atom. The number of halogens is 1. The number of methoxy groups -OCH3 is 1. The Balaban J connectivity index is 1.73. The molecule has 1 aromatic heterocycles. The van der Waals surface area contributed by atoms with E-state index in [4.69, 9.17) is 16.3 Å². The molecule has 0 spiro atoms. The highest BCUT2D eigenvalue weighted by molar-refractivity contribution is 7.98. The number of rotatable bonds is 5. The Morgan fingerprint density at radius 1 is 1.14 bits per heavy atom. The zero-order valence-corrected chi connectivity index (χ0v) is 17.4. The van der Waals surface area contributed by atoms with Gasteiger partial charge in [-0.3, -0.25) is 9.69 Å². The van der Waals surface area contributed by atoms with Crippen LogP contribution in [0.3, 0.4) is 0 Å². The third-order valence-corrected chi connectivity index (χ3v) is 5.74. The lowest BCUT2D eigenvalue weighted by atomic mass is 10.0. The first-order valence-electron chi connectivity index (χ1n) is 8.90. The van der Waals surface area contributed by atoms with Crippen LogP contribution in [-0.2, 0) is 9.53 Å². The van der Waals surface area contributed by atoms with Gasteiger partial charge in [-0.15, -0.1) is 11.8 Å². The summed E-state index contributed by atoms with van der Waals surface area (Å²) in [6.45, 7) is 2.21. The van der Waals surface area contributed by atoms with E-state index in [2.05, 4.69) is 4.98 Å². The minimum absolute atomic E-state index is 0.0294. The van der Waals surface area contributed by atoms with Crippen LogP contribution in [0, 0.1) is 0 Å². The molecule has 0 saturated carbocycles. The van der Waals surface area contributed by atoms with E-state index in [9.17, 15) is 9.59 Å². The molecule has 1 aliphatic heterocycles. The second-order valence-electron chi connectivity index (χ2n) is 6.37. The fraction of sp³-hybridized carbons (Fsp3) is 0.350. The van der Waals surface area contributed by atoms with Crippen molar-refractivity contribution in [3.8, 4) is 0 Å². The van der Waals surface area contributed by atoms with E-state index in [0.717, 1.165) is 10.6 Å². The third-order valence-electron chi connectivity index (χ3n) is 4.77. The van der Waals surface area contributed by atoms with E-state index >= 15 is 0 Å². The maximum Gasteiger partial charge on any atom is 0.327 e. The van der Waals surface area contributed by atoms with Crippen LogP contribution < -0.4 is 0 Å². The Morgan fingerprint density at radius 3 is 2.43 bits per heavy atom. The van der Waals surface area contributed by atoms with Gasteiger partial charge in [-0.2, -0.15) is 0 Å². The van der Waals surface area contributed by atoms with Crippen LogP contribution in [0.2, 0.25) is 5.02 Å². The van der Waals surface area contributed by atoms with Gasteiger partial charge in [0.2, 0.25) is 0 Å². The average Bonchev–Trinajstić information content (AvgIpc) is 2.75. The first kappa shape index (κ1) is 20.6. The van der Waals surface area contributed by atoms with Crippen LogP contribution in [-0.4, -0.2) is 66.2 Å². The number of nitrogens with zero attached hydrogens (tertiary/aromatic N) is 3. The number of carbonyl (C=O) groups is 2. The highest BCUT2D eigenvalue weighted by Crippen LogP contribution is 2.26. The molecular formula is C20H22ClN3O3S. The highest BCUT2D eigenvalue weighted by Gasteiger charge is 2.33. The molecule has 1 aliphatic rings. The van der Waals surface area contributed by atoms with Crippen molar-refractivity contribution in [3.63, 3.8) is 0 Å². The molecule has 2 heterocycles. The van der Waals surface area contributed by atoms with Crippen molar-refractivity contribution in [2.75, 3.05) is 39.5 Å². The van der Waals surface area contributed by atoms with E-state index in [1.165, 1.54) is 18.9 Å². The zero-order valence-electron chi connectivity index (χ0n) is 15.8. The number of amides is 1. The van der Waals surface area contributed by atoms with Crippen LogP contribution in [0.4, 0.5) is 0 Å². The van der Waals surface area contributed by atoms with Crippen LogP contribution in [0.15, 0.2) is 47.6 Å². The summed E-state index contributed by atoms with van der Waals surface area (Å²) in [6.07, 6.45) is 3.59. The molecule has 0 bridgehead atoms. The molecule has 1 fully saturated rings. The van der Waals surface area contributed by atoms with E-state index in [1.807, 2.05) is 28.2 Å². The van der Waals surface area contributed by atoms with Gasteiger partial charge < -0.3 is 9.64 Å². The summed E-state index contributed by atoms with van der Waals surface area (Å²) in [7, 11) is 1.39. The molecule has 6 nitrogen and oxygen atoms in total. The summed E-state index contributed by atoms with van der Waals surface area (Å²) >= 11 is 7.43. The van der Waals surface area contributed by atoms with Crippen molar-refractivity contribution < 1.29 is 14.3 Å². The van der Waals surface area contributed by atoms with Crippen molar-refractivity contribution >= 4 is 35.2 Å². The van der Waals surface area contributed by atoms with Crippen molar-refractivity contribution in [1.82, 2.24) is 14.8 Å². The van der Waals surface area contributed by atoms with Crippen LogP contribution >= 0.6 is 23.4 Å². The first-order valence-corrected chi connectivity index (χ1v) is 10.5. The van der Waals surface area contributed by atoms with Crippen LogP contribution in [0.5, 0.6) is 0 Å². The molecule has 148 valence electrons. The Labute approximate surface area is 173 Å². The molecule has 8 heteroatoms. The smallest absolute Gasteiger partial charge is 0.327 e. The second-order valence-corrected chi connectivity index (χ2v) is 7.60. The lowest BCUT2D eigenvalue weighted by Crippen LogP contribution is -2.51. The van der Waals surface area contributed by atoms with E-state index < -0.39 is 6.04 Å². The van der Waals surface area contributed by atoms with Crippen molar-refractivity contribution in [3.05, 3.63) is 58.7 Å². The summed E-state index contributed by atoms with van der Waals surface area (Å²) in [5, 5.41) is 1.34. The van der Waals surface area contributed by atoms with Gasteiger partial charge in [0, 0.05) is 37.4 Å². The topological polar surface area (TPSA) is 62.7 Å². The summed E-state index contributed by atoms with van der Waals surface area (Å²) in [6, 6.07) is 10.3. The summed E-state index contributed by atoms with van der Waals surface area (Å²) in [5.41, 5.74) is 1.44. The monoisotopic (exact) mass is 419 g/mol. The molecule has 1 atom stereocenters. The molecule has 28 heavy (non-hydrogen) atoms. The van der Waals surface area contributed by atoms with Gasteiger partial charge >= 0.3 is 5.97 Å². The van der Waals surface area contributed by atoms with Gasteiger partial charge in [0.15, 0.2) is 0 Å². The largest absolute Gasteiger partial charge is 0.468 e. The van der Waals surface area contributed by atoms with Gasteiger partial charge in [-0.1, -0.05) is 23.7 Å². The molecule has 1 amide bonds. The third kappa shape index (κ3) is 4.48. The Hall–Kier alpha value is -2.09. The van der Waals surface area contributed by atoms with Gasteiger partial charge in [-0.25, -0.2) is 9.78 Å². The normalized spacial score (nSPS) is 15.9. The van der Waals surface area contributed by atoms with Crippen molar-refractivity contribution in [1.29, 1.82) is 0 Å². The number of hydrogen-bond donors (Lipinski definition) is 0. The Bertz CT molecular complexity index is 839. The summed E-state index contributed by atoms with van der Waals surface area (Å²) < 4.78 is 5.02. The lowest BCUT2D eigenvalue weighted by molar-refractivity contribution is -0.148. The molecule has 1 aromatic carbocycles. The second kappa shape index (κ2) is 9.41. The molecule has 0 radical (unpaired) electrons. The van der Waals surface area contributed by atoms with Crippen molar-refractivity contribution in [2.45, 2.75) is 11.1 Å². The number of piperazine rings is 1. The van der Waals surface area contributed by atoms with E-state index in [-0.39, 0.29) is 11.9 Å². The average molecular weight is 420 g/mol. The molecule has 0 unspecified atom stereocenters. The van der Waals surface area contributed by atoms with Gasteiger partial charge in [0.05, 0.1) is 12.7 Å². The van der Waals surface area contributed by atoms with E-state index in [1.54, 1.807) is 30.5 Å². The SMILES string of the molecule is COC(=O)[C@H](c1ccc(Cl)cc1)N1CCN(C(=O)c2cccnc2SC)CC1. The standard InChI is InChI=1S/C20H22ClN3O3S/c1-27-20(26)17(14-5-7-15(21)8-6-14)23-10-12-24(13-11-23)19(25)16-4-3-9-22-18(16)28-2/h3-9,17H,10-13H2,1-2H3/t17-/m0/s1. The number of thioether (sulfide) groups is 1. The molecule has 0 N–H and O–H groups in total. The fourth-order valence-electron chi connectivity index (χ4n) is 3.32. The number of benzene rings is 1. The lowest BCUT2D eigenvalue weighted by Gasteiger charge is -2.38. The fourth-order valence-corrected chi connectivity index (χ4v) is 3.99. The number of hydrogen-bond acceptors (Lipinski definition) is 6. The van der Waals surface area contributed by atoms with Gasteiger partial charge in [0.25, 0.3) is 5.91 Å². The maximum atomic E-state index is 12.9. The first-order chi connectivity index (χ1) is 13.5. The molecule has 3 rings (SSSR count). The number of carbonyl (C=O) groups excluding carboxylic acids is 2.